The Morgan fingerprint density at radius 2 is 1.90 bits per heavy atom. The first-order chi connectivity index (χ1) is 9.65. The molecule has 0 aliphatic carbocycles. The summed E-state index contributed by atoms with van der Waals surface area (Å²) in [5, 5.41) is 0.694. The van der Waals surface area contributed by atoms with Crippen molar-refractivity contribution < 1.29 is 4.39 Å². The van der Waals surface area contributed by atoms with Crippen molar-refractivity contribution >= 4 is 11.6 Å². The molecule has 20 heavy (non-hydrogen) atoms. The van der Waals surface area contributed by atoms with E-state index in [0.717, 1.165) is 30.4 Å². The lowest BCUT2D eigenvalue weighted by molar-refractivity contribution is 0.597. The summed E-state index contributed by atoms with van der Waals surface area (Å²) in [6, 6.07) is 12.7. The first kappa shape index (κ1) is 15.1. The summed E-state index contributed by atoms with van der Waals surface area (Å²) in [5.74, 6) is 0.285. The van der Waals surface area contributed by atoms with E-state index in [-0.39, 0.29) is 5.82 Å². The van der Waals surface area contributed by atoms with Crippen molar-refractivity contribution in [3.05, 3.63) is 58.9 Å². The van der Waals surface area contributed by atoms with Crippen LogP contribution in [0.3, 0.4) is 0 Å². The van der Waals surface area contributed by atoms with Crippen LogP contribution in [0.25, 0.3) is 11.1 Å². The highest BCUT2D eigenvalue weighted by atomic mass is 35.5. The maximum absolute atomic E-state index is 13.5. The third-order valence-electron chi connectivity index (χ3n) is 3.72. The van der Waals surface area contributed by atoms with Gasteiger partial charge in [0.15, 0.2) is 0 Å². The van der Waals surface area contributed by atoms with Crippen molar-refractivity contribution in [3.8, 4) is 11.1 Å². The van der Waals surface area contributed by atoms with Crippen molar-refractivity contribution in [1.82, 2.24) is 0 Å². The zero-order valence-electron chi connectivity index (χ0n) is 12.0. The summed E-state index contributed by atoms with van der Waals surface area (Å²) in [6.07, 6.45) is 3.36. The lowest BCUT2D eigenvalue weighted by atomic mass is 9.86. The molecule has 0 fully saturated rings. The number of benzene rings is 2. The molecule has 1 atom stereocenters. The van der Waals surface area contributed by atoms with Gasteiger partial charge in [-0.05, 0) is 59.7 Å². The van der Waals surface area contributed by atoms with Gasteiger partial charge in [-0.2, -0.15) is 0 Å². The predicted molar refractivity (Wildman–Crippen MR) is 84.8 cm³/mol. The Labute approximate surface area is 125 Å². The maximum atomic E-state index is 13.5. The molecule has 0 aromatic heterocycles. The van der Waals surface area contributed by atoms with Crippen LogP contribution in [0, 0.1) is 5.82 Å². The molecule has 0 saturated carbocycles. The molecule has 2 aromatic carbocycles. The number of hydrogen-bond donors (Lipinski definition) is 0. The van der Waals surface area contributed by atoms with E-state index in [9.17, 15) is 4.39 Å². The van der Waals surface area contributed by atoms with Crippen LogP contribution in [0.1, 0.15) is 44.6 Å². The molecule has 2 heteroatoms. The number of rotatable bonds is 5. The number of hydrogen-bond acceptors (Lipinski definition) is 0. The van der Waals surface area contributed by atoms with E-state index in [1.807, 2.05) is 18.2 Å². The van der Waals surface area contributed by atoms with Gasteiger partial charge in [-0.25, -0.2) is 4.39 Å². The average molecular weight is 291 g/mol. The predicted octanol–water partition coefficient (Wildman–Crippen LogP) is 6.44. The summed E-state index contributed by atoms with van der Waals surface area (Å²) >= 11 is 6.14. The smallest absolute Gasteiger partial charge is 0.123 e. The van der Waals surface area contributed by atoms with Gasteiger partial charge in [-0.15, -0.1) is 0 Å². The minimum atomic E-state index is -0.211. The van der Waals surface area contributed by atoms with Gasteiger partial charge in [-0.3, -0.25) is 0 Å². The van der Waals surface area contributed by atoms with Gasteiger partial charge in [0.2, 0.25) is 0 Å². The highest BCUT2D eigenvalue weighted by molar-refractivity contribution is 6.30. The van der Waals surface area contributed by atoms with Crippen molar-refractivity contribution in [2.45, 2.75) is 39.0 Å². The molecule has 0 spiro atoms. The molecule has 0 aliphatic rings. The van der Waals surface area contributed by atoms with Crippen LogP contribution < -0.4 is 0 Å². The Kier molecular flexibility index (Phi) is 5.19. The van der Waals surface area contributed by atoms with E-state index in [4.69, 9.17) is 11.6 Å². The molecule has 0 heterocycles. The van der Waals surface area contributed by atoms with Crippen LogP contribution in [0.5, 0.6) is 0 Å². The van der Waals surface area contributed by atoms with Gasteiger partial charge in [0, 0.05) is 5.02 Å². The molecule has 0 saturated heterocycles. The molecular formula is C18H20ClF. The SMILES string of the molecule is CCCC(CC)c1ccc(Cl)cc1-c1cccc(F)c1. The molecule has 0 bridgehead atoms. The molecule has 2 aromatic rings. The van der Waals surface area contributed by atoms with E-state index in [1.165, 1.54) is 11.6 Å². The highest BCUT2D eigenvalue weighted by Crippen LogP contribution is 2.35. The lowest BCUT2D eigenvalue weighted by Crippen LogP contribution is -2.00. The van der Waals surface area contributed by atoms with Gasteiger partial charge in [0.25, 0.3) is 0 Å². The highest BCUT2D eigenvalue weighted by Gasteiger charge is 2.15. The second kappa shape index (κ2) is 6.90. The van der Waals surface area contributed by atoms with Crippen molar-refractivity contribution in [3.63, 3.8) is 0 Å². The second-order valence-electron chi connectivity index (χ2n) is 5.14. The Morgan fingerprint density at radius 1 is 1.10 bits per heavy atom. The van der Waals surface area contributed by atoms with E-state index in [2.05, 4.69) is 19.9 Å². The summed E-state index contributed by atoms with van der Waals surface area (Å²) in [5.41, 5.74) is 3.22. The zero-order chi connectivity index (χ0) is 14.5. The van der Waals surface area contributed by atoms with Crippen LogP contribution in [-0.4, -0.2) is 0 Å². The average Bonchev–Trinajstić information content (AvgIpc) is 2.45. The first-order valence-electron chi connectivity index (χ1n) is 7.21. The van der Waals surface area contributed by atoms with Crippen LogP contribution in [0.15, 0.2) is 42.5 Å². The molecule has 0 radical (unpaired) electrons. The standard InChI is InChI=1S/C18H20ClF/c1-3-6-13(4-2)17-10-9-15(19)12-18(17)14-7-5-8-16(20)11-14/h5,7-13H,3-4,6H2,1-2H3. The molecule has 0 amide bonds. The summed E-state index contributed by atoms with van der Waals surface area (Å²) in [4.78, 5) is 0. The largest absolute Gasteiger partial charge is 0.207 e. The molecule has 106 valence electrons. The van der Waals surface area contributed by atoms with Gasteiger partial charge >= 0.3 is 0 Å². The minimum Gasteiger partial charge on any atom is -0.207 e. The van der Waals surface area contributed by atoms with Gasteiger partial charge in [0.05, 0.1) is 0 Å². The van der Waals surface area contributed by atoms with Gasteiger partial charge in [-0.1, -0.05) is 50.1 Å². The third kappa shape index (κ3) is 3.40. The number of halogens is 2. The monoisotopic (exact) mass is 290 g/mol. The fourth-order valence-electron chi connectivity index (χ4n) is 2.72. The van der Waals surface area contributed by atoms with Gasteiger partial charge in [0.1, 0.15) is 5.82 Å². The normalized spacial score (nSPS) is 12.4. The Bertz CT molecular complexity index is 577. The van der Waals surface area contributed by atoms with Gasteiger partial charge < -0.3 is 0 Å². The quantitative estimate of drug-likeness (QED) is 0.594. The van der Waals surface area contributed by atoms with Crippen LogP contribution in [0.4, 0.5) is 4.39 Å². The topological polar surface area (TPSA) is 0 Å². The molecule has 0 nitrogen and oxygen atoms in total. The van der Waals surface area contributed by atoms with Crippen molar-refractivity contribution in [2.24, 2.45) is 0 Å². The Morgan fingerprint density at radius 3 is 2.55 bits per heavy atom. The van der Waals surface area contributed by atoms with Crippen LogP contribution in [-0.2, 0) is 0 Å². The van der Waals surface area contributed by atoms with Crippen molar-refractivity contribution in [1.29, 1.82) is 0 Å². The third-order valence-corrected chi connectivity index (χ3v) is 3.96. The molecule has 1 unspecified atom stereocenters. The first-order valence-corrected chi connectivity index (χ1v) is 7.58. The molecular weight excluding hydrogens is 271 g/mol. The van der Waals surface area contributed by atoms with E-state index in [1.54, 1.807) is 12.1 Å². The summed E-state index contributed by atoms with van der Waals surface area (Å²) < 4.78 is 13.5. The fraction of sp³-hybridized carbons (Fsp3) is 0.333. The van der Waals surface area contributed by atoms with E-state index >= 15 is 0 Å². The van der Waals surface area contributed by atoms with Crippen LogP contribution in [0.2, 0.25) is 5.02 Å². The summed E-state index contributed by atoms with van der Waals surface area (Å²) in [6.45, 7) is 4.39. The fourth-order valence-corrected chi connectivity index (χ4v) is 2.89. The zero-order valence-corrected chi connectivity index (χ0v) is 12.8. The Balaban J connectivity index is 2.53. The second-order valence-corrected chi connectivity index (χ2v) is 5.57. The summed E-state index contributed by atoms with van der Waals surface area (Å²) in [7, 11) is 0. The minimum absolute atomic E-state index is 0.211. The van der Waals surface area contributed by atoms with Crippen LogP contribution >= 0.6 is 11.6 Å². The molecule has 2 rings (SSSR count). The lowest BCUT2D eigenvalue weighted by Gasteiger charge is -2.19. The van der Waals surface area contributed by atoms with E-state index < -0.39 is 0 Å². The van der Waals surface area contributed by atoms with Crippen molar-refractivity contribution in [2.75, 3.05) is 0 Å². The maximum Gasteiger partial charge on any atom is 0.123 e. The molecule has 0 aliphatic heterocycles. The van der Waals surface area contributed by atoms with E-state index in [0.29, 0.717) is 10.9 Å². The molecule has 0 N–H and O–H groups in total. The Hall–Kier alpha value is -1.34.